The van der Waals surface area contributed by atoms with E-state index < -0.39 is 36.9 Å². The summed E-state index contributed by atoms with van der Waals surface area (Å²) < 4.78 is 0. The molecule has 1 amide bonds. The average molecular weight is 650 g/mol. The van der Waals surface area contributed by atoms with Crippen molar-refractivity contribution in [2.24, 2.45) is 0 Å². The van der Waals surface area contributed by atoms with Crippen molar-refractivity contribution in [1.29, 1.82) is 0 Å². The van der Waals surface area contributed by atoms with Crippen molar-refractivity contribution < 1.29 is 25.2 Å². The van der Waals surface area contributed by atoms with Gasteiger partial charge in [-0.1, -0.05) is 147 Å². The van der Waals surface area contributed by atoms with Crippen LogP contribution in [0.15, 0.2) is 36.5 Å². The summed E-state index contributed by atoms with van der Waals surface area (Å²) in [4.78, 5) is 12.4. The molecule has 0 rings (SSSR count). The van der Waals surface area contributed by atoms with Crippen molar-refractivity contribution in [2.75, 3.05) is 6.61 Å². The predicted octanol–water partition coefficient (Wildman–Crippen LogP) is 9.40. The van der Waals surface area contributed by atoms with Gasteiger partial charge in [0.15, 0.2) is 0 Å². The number of aliphatic hydroxyl groups excluding tert-OH is 4. The summed E-state index contributed by atoms with van der Waals surface area (Å²) in [6, 6.07) is -1.01. The van der Waals surface area contributed by atoms with Crippen LogP contribution < -0.4 is 5.32 Å². The Morgan fingerprint density at radius 3 is 1.43 bits per heavy atom. The summed E-state index contributed by atoms with van der Waals surface area (Å²) in [6.45, 7) is 3.96. The van der Waals surface area contributed by atoms with Gasteiger partial charge in [-0.2, -0.15) is 0 Å². The lowest BCUT2D eigenvalue weighted by Gasteiger charge is -2.27. The summed E-state index contributed by atoms with van der Waals surface area (Å²) in [5.41, 5.74) is 0. The molecule has 4 atom stereocenters. The molecule has 6 heteroatoms. The first-order valence-electron chi connectivity index (χ1n) is 19.4. The number of allylic oxidation sites excluding steroid dienone is 6. The number of unbranched alkanes of at least 4 members (excludes halogenated alkanes) is 19. The minimum atomic E-state index is -1.29. The van der Waals surface area contributed by atoms with Gasteiger partial charge in [0.1, 0.15) is 12.2 Å². The molecule has 0 aliphatic carbocycles. The van der Waals surface area contributed by atoms with Gasteiger partial charge in [0, 0.05) is 0 Å². The number of amides is 1. The minimum Gasteiger partial charge on any atom is -0.394 e. The SMILES string of the molecule is CCCC/C=C/CC/C=C/CCCC(O)C(O)C(CO)NC(=O)C(O)CCCCCCCC/C=C\CCCCCCCCCCC. The highest BCUT2D eigenvalue weighted by Crippen LogP contribution is 2.14. The lowest BCUT2D eigenvalue weighted by atomic mass is 10.00. The van der Waals surface area contributed by atoms with E-state index >= 15 is 0 Å². The van der Waals surface area contributed by atoms with Crippen molar-refractivity contribution in [3.05, 3.63) is 36.5 Å². The number of nitrogens with one attached hydrogen (secondary N) is 1. The van der Waals surface area contributed by atoms with E-state index in [0.717, 1.165) is 57.8 Å². The summed E-state index contributed by atoms with van der Waals surface area (Å²) in [7, 11) is 0. The van der Waals surface area contributed by atoms with Crippen LogP contribution in [0.1, 0.15) is 181 Å². The van der Waals surface area contributed by atoms with Crippen LogP contribution >= 0.6 is 0 Å². The van der Waals surface area contributed by atoms with Gasteiger partial charge >= 0.3 is 0 Å². The first-order chi connectivity index (χ1) is 22.5. The van der Waals surface area contributed by atoms with Gasteiger partial charge in [-0.25, -0.2) is 0 Å². The molecule has 0 saturated heterocycles. The monoisotopic (exact) mass is 650 g/mol. The average Bonchev–Trinajstić information content (AvgIpc) is 3.06. The molecule has 0 spiro atoms. The Hall–Kier alpha value is -1.47. The molecule has 0 bridgehead atoms. The normalized spacial score (nSPS) is 14.8. The Morgan fingerprint density at radius 1 is 0.522 bits per heavy atom. The third-order valence-corrected chi connectivity index (χ3v) is 8.80. The summed E-state index contributed by atoms with van der Waals surface area (Å²) >= 11 is 0. The van der Waals surface area contributed by atoms with E-state index in [9.17, 15) is 25.2 Å². The molecule has 0 aromatic heterocycles. The van der Waals surface area contributed by atoms with Gasteiger partial charge < -0.3 is 25.7 Å². The lowest BCUT2D eigenvalue weighted by Crippen LogP contribution is -2.53. The lowest BCUT2D eigenvalue weighted by molar-refractivity contribution is -0.132. The van der Waals surface area contributed by atoms with Gasteiger partial charge in [-0.3, -0.25) is 4.79 Å². The summed E-state index contributed by atoms with van der Waals surface area (Å²) in [5, 5.41) is 43.4. The van der Waals surface area contributed by atoms with Crippen LogP contribution in [0.2, 0.25) is 0 Å². The van der Waals surface area contributed by atoms with E-state index in [2.05, 4.69) is 55.6 Å². The second kappa shape index (κ2) is 34.9. The van der Waals surface area contributed by atoms with E-state index in [0.29, 0.717) is 19.3 Å². The maximum absolute atomic E-state index is 12.4. The van der Waals surface area contributed by atoms with Gasteiger partial charge in [-0.15, -0.1) is 0 Å². The Morgan fingerprint density at radius 2 is 0.935 bits per heavy atom. The van der Waals surface area contributed by atoms with Gasteiger partial charge in [0.05, 0.1) is 18.8 Å². The van der Waals surface area contributed by atoms with E-state index in [1.54, 1.807) is 0 Å². The van der Waals surface area contributed by atoms with Gasteiger partial charge in [0.2, 0.25) is 5.91 Å². The Kier molecular flexibility index (Phi) is 33.7. The number of hydrogen-bond acceptors (Lipinski definition) is 5. The fourth-order valence-electron chi connectivity index (χ4n) is 5.63. The van der Waals surface area contributed by atoms with Gasteiger partial charge in [-0.05, 0) is 70.6 Å². The van der Waals surface area contributed by atoms with E-state index in [-0.39, 0.29) is 0 Å². The fourth-order valence-corrected chi connectivity index (χ4v) is 5.63. The number of carbonyl (C=O) groups excluding carboxylic acids is 1. The van der Waals surface area contributed by atoms with Gasteiger partial charge in [0.25, 0.3) is 0 Å². The zero-order chi connectivity index (χ0) is 33.9. The summed E-state index contributed by atoms with van der Waals surface area (Å²) in [6.07, 6.45) is 38.9. The Balaban J connectivity index is 3.83. The van der Waals surface area contributed by atoms with Crippen molar-refractivity contribution in [3.63, 3.8) is 0 Å². The molecule has 0 aliphatic heterocycles. The number of hydrogen-bond donors (Lipinski definition) is 5. The molecule has 0 fully saturated rings. The fraction of sp³-hybridized carbons (Fsp3) is 0.825. The molecule has 0 aliphatic rings. The van der Waals surface area contributed by atoms with Crippen molar-refractivity contribution in [1.82, 2.24) is 5.32 Å². The van der Waals surface area contributed by atoms with E-state index in [1.165, 1.54) is 89.9 Å². The maximum Gasteiger partial charge on any atom is 0.249 e. The third-order valence-electron chi connectivity index (χ3n) is 8.80. The molecule has 0 saturated carbocycles. The van der Waals surface area contributed by atoms with Crippen molar-refractivity contribution >= 4 is 5.91 Å². The number of rotatable bonds is 34. The quantitative estimate of drug-likeness (QED) is 0.0352. The maximum atomic E-state index is 12.4. The van der Waals surface area contributed by atoms with Crippen LogP contribution in [0.4, 0.5) is 0 Å². The molecule has 0 heterocycles. The molecule has 270 valence electrons. The highest BCUT2D eigenvalue weighted by atomic mass is 16.3. The smallest absolute Gasteiger partial charge is 0.249 e. The summed E-state index contributed by atoms with van der Waals surface area (Å²) in [5.74, 6) is -0.605. The molecule has 0 radical (unpaired) electrons. The molecule has 46 heavy (non-hydrogen) atoms. The minimum absolute atomic E-state index is 0.352. The van der Waals surface area contributed by atoms with Crippen LogP contribution in [0.3, 0.4) is 0 Å². The van der Waals surface area contributed by atoms with Crippen molar-refractivity contribution in [3.8, 4) is 0 Å². The number of carbonyl (C=O) groups is 1. The zero-order valence-corrected chi connectivity index (χ0v) is 30.1. The molecule has 5 N–H and O–H groups in total. The second-order valence-corrected chi connectivity index (χ2v) is 13.3. The molecular weight excluding hydrogens is 574 g/mol. The Bertz CT molecular complexity index is 737. The largest absolute Gasteiger partial charge is 0.394 e. The number of aliphatic hydroxyl groups is 4. The molecule has 0 aromatic rings. The predicted molar refractivity (Wildman–Crippen MR) is 196 cm³/mol. The topological polar surface area (TPSA) is 110 Å². The van der Waals surface area contributed by atoms with E-state index in [4.69, 9.17) is 0 Å². The molecule has 6 nitrogen and oxygen atoms in total. The first kappa shape index (κ1) is 44.5. The first-order valence-corrected chi connectivity index (χ1v) is 19.4. The second-order valence-electron chi connectivity index (χ2n) is 13.3. The molecule has 0 aromatic carbocycles. The van der Waals surface area contributed by atoms with Crippen LogP contribution in [0, 0.1) is 0 Å². The Labute approximate surface area is 284 Å². The zero-order valence-electron chi connectivity index (χ0n) is 30.1. The van der Waals surface area contributed by atoms with Crippen LogP contribution in [-0.2, 0) is 4.79 Å². The standard InChI is InChI=1S/C40H75NO5/c1-3-5-7-9-11-13-15-16-17-18-19-20-21-22-24-26-28-30-32-34-38(44)40(46)41-36(35-42)39(45)37(43)33-31-29-27-25-23-14-12-10-8-6-4-2/h10,12,19-20,25,27,36-39,42-45H,3-9,11,13-18,21-24,26,28-35H2,1-2H3,(H,41,46)/b12-10+,20-19-,27-25+. The van der Waals surface area contributed by atoms with Crippen LogP contribution in [-0.4, -0.2) is 57.3 Å². The van der Waals surface area contributed by atoms with Crippen LogP contribution in [0.25, 0.3) is 0 Å². The highest BCUT2D eigenvalue weighted by Gasteiger charge is 2.28. The highest BCUT2D eigenvalue weighted by molar-refractivity contribution is 5.80. The molecule has 4 unspecified atom stereocenters. The van der Waals surface area contributed by atoms with Crippen molar-refractivity contribution in [2.45, 2.75) is 205 Å². The van der Waals surface area contributed by atoms with E-state index in [1.807, 2.05) is 0 Å². The van der Waals surface area contributed by atoms with Crippen LogP contribution in [0.5, 0.6) is 0 Å². The third kappa shape index (κ3) is 28.7. The molecular formula is C40H75NO5.